The minimum Gasteiger partial charge on any atom is -0.340 e. The lowest BCUT2D eigenvalue weighted by molar-refractivity contribution is 0.801. The summed E-state index contributed by atoms with van der Waals surface area (Å²) >= 11 is 0. The van der Waals surface area contributed by atoms with Crippen LogP contribution >= 0.6 is 0 Å². The monoisotopic (exact) mass is 274 g/mol. The highest BCUT2D eigenvalue weighted by molar-refractivity contribution is 5.59. The van der Waals surface area contributed by atoms with Crippen molar-refractivity contribution in [1.82, 2.24) is 9.97 Å². The molecule has 0 fully saturated rings. The van der Waals surface area contributed by atoms with E-state index in [2.05, 4.69) is 16.0 Å². The van der Waals surface area contributed by atoms with E-state index in [4.69, 9.17) is 11.0 Å². The van der Waals surface area contributed by atoms with Gasteiger partial charge in [-0.15, -0.1) is 0 Å². The molecule has 21 heavy (non-hydrogen) atoms. The second-order valence-electron chi connectivity index (χ2n) is 4.76. The van der Waals surface area contributed by atoms with Gasteiger partial charge in [0.25, 0.3) is 0 Å². The summed E-state index contributed by atoms with van der Waals surface area (Å²) in [7, 11) is 0. The molecule has 0 bridgehead atoms. The molecule has 0 radical (unpaired) electrons. The molecule has 3 aromatic rings. The molecule has 1 atom stereocenters. The lowest BCUT2D eigenvalue weighted by Crippen LogP contribution is -2.13. The smallest absolute Gasteiger partial charge is 0.128 e. The Morgan fingerprint density at radius 3 is 2.43 bits per heavy atom. The van der Waals surface area contributed by atoms with Gasteiger partial charge in [0.1, 0.15) is 5.82 Å². The molecule has 0 saturated carbocycles. The first-order valence-electron chi connectivity index (χ1n) is 6.64. The number of imidazole rings is 1. The van der Waals surface area contributed by atoms with Crippen molar-refractivity contribution in [2.24, 2.45) is 5.73 Å². The second-order valence-corrected chi connectivity index (χ2v) is 4.76. The fraction of sp³-hybridized carbons (Fsp3) is 0.0588. The molecular formula is C17H14N4. The maximum absolute atomic E-state index is 8.82. The molecule has 102 valence electrons. The Morgan fingerprint density at radius 2 is 1.76 bits per heavy atom. The highest BCUT2D eigenvalue weighted by atomic mass is 15.0. The molecule has 0 saturated heterocycles. The molecule has 1 heterocycles. The van der Waals surface area contributed by atoms with E-state index in [1.54, 1.807) is 18.3 Å². The maximum atomic E-state index is 8.82. The zero-order valence-corrected chi connectivity index (χ0v) is 11.3. The second kappa shape index (κ2) is 5.61. The van der Waals surface area contributed by atoms with E-state index in [9.17, 15) is 0 Å². The number of rotatable bonds is 3. The predicted octanol–water partition coefficient (Wildman–Crippen LogP) is 3.00. The van der Waals surface area contributed by atoms with E-state index >= 15 is 0 Å². The van der Waals surface area contributed by atoms with Crippen LogP contribution in [0.3, 0.4) is 0 Å². The Kier molecular flexibility index (Phi) is 3.50. The van der Waals surface area contributed by atoms with Crippen LogP contribution in [0.5, 0.6) is 0 Å². The number of nitrogens with one attached hydrogen (secondary N) is 1. The number of nitrogens with zero attached hydrogens (tertiary/aromatic N) is 2. The minimum absolute atomic E-state index is 0.279. The van der Waals surface area contributed by atoms with Crippen LogP contribution in [0.25, 0.3) is 11.3 Å². The third-order valence-electron chi connectivity index (χ3n) is 3.37. The molecule has 1 unspecified atom stereocenters. The van der Waals surface area contributed by atoms with Crippen LogP contribution < -0.4 is 5.73 Å². The summed E-state index contributed by atoms with van der Waals surface area (Å²) in [6, 6.07) is 19.0. The van der Waals surface area contributed by atoms with Gasteiger partial charge in [-0.05, 0) is 23.3 Å². The third-order valence-corrected chi connectivity index (χ3v) is 3.37. The first-order valence-corrected chi connectivity index (χ1v) is 6.64. The molecule has 0 amide bonds. The van der Waals surface area contributed by atoms with Gasteiger partial charge in [-0.3, -0.25) is 0 Å². The molecule has 0 aliphatic rings. The Balaban J connectivity index is 1.87. The van der Waals surface area contributed by atoms with Gasteiger partial charge in [0.2, 0.25) is 0 Å². The molecule has 3 rings (SSSR count). The normalized spacial score (nSPS) is 11.8. The van der Waals surface area contributed by atoms with Gasteiger partial charge in [0.05, 0.1) is 29.6 Å². The summed E-state index contributed by atoms with van der Waals surface area (Å²) in [5.74, 6) is 0.723. The molecule has 3 N–H and O–H groups in total. The Hall–Kier alpha value is -2.90. The highest BCUT2D eigenvalue weighted by Crippen LogP contribution is 2.22. The largest absolute Gasteiger partial charge is 0.340 e. The summed E-state index contributed by atoms with van der Waals surface area (Å²) in [5.41, 5.74) is 9.74. The molecule has 1 aromatic heterocycles. The topological polar surface area (TPSA) is 78.5 Å². The molecule has 0 aliphatic heterocycles. The van der Waals surface area contributed by atoms with E-state index in [1.165, 1.54) is 0 Å². The Labute approximate surface area is 122 Å². The standard InChI is InChI=1S/C17H14N4/c18-10-12-6-8-13(9-7-12)15-11-20-17(21-15)16(19)14-4-2-1-3-5-14/h1-9,11,16H,19H2,(H,20,21). The lowest BCUT2D eigenvalue weighted by Gasteiger charge is -2.08. The number of benzene rings is 2. The van der Waals surface area contributed by atoms with Crippen molar-refractivity contribution in [3.8, 4) is 17.3 Å². The van der Waals surface area contributed by atoms with E-state index in [0.717, 1.165) is 22.6 Å². The van der Waals surface area contributed by atoms with E-state index in [-0.39, 0.29) is 6.04 Å². The van der Waals surface area contributed by atoms with E-state index < -0.39 is 0 Å². The number of nitrogens with two attached hydrogens (primary N) is 1. The number of aromatic amines is 1. The molecule has 0 aliphatic carbocycles. The van der Waals surface area contributed by atoms with Crippen LogP contribution in [0.15, 0.2) is 60.8 Å². The quantitative estimate of drug-likeness (QED) is 0.770. The van der Waals surface area contributed by atoms with Crippen molar-refractivity contribution in [2.45, 2.75) is 6.04 Å². The molecular weight excluding hydrogens is 260 g/mol. The van der Waals surface area contributed by atoms with Crippen molar-refractivity contribution in [3.63, 3.8) is 0 Å². The Morgan fingerprint density at radius 1 is 1.05 bits per heavy atom. The van der Waals surface area contributed by atoms with Gasteiger partial charge in [0.15, 0.2) is 0 Å². The zero-order chi connectivity index (χ0) is 14.7. The number of nitriles is 1. The SMILES string of the molecule is N#Cc1ccc(-c2cnc(C(N)c3ccccc3)[nH]2)cc1. The summed E-state index contributed by atoms with van der Waals surface area (Å²) in [6.07, 6.45) is 1.76. The number of H-pyrrole nitrogens is 1. The fourth-order valence-electron chi connectivity index (χ4n) is 2.18. The van der Waals surface area contributed by atoms with Crippen LogP contribution in [0.4, 0.5) is 0 Å². The van der Waals surface area contributed by atoms with Crippen molar-refractivity contribution in [1.29, 1.82) is 5.26 Å². The van der Waals surface area contributed by atoms with Crippen molar-refractivity contribution in [3.05, 3.63) is 77.7 Å². The Bertz CT molecular complexity index is 767. The van der Waals surface area contributed by atoms with Crippen LogP contribution in [-0.4, -0.2) is 9.97 Å². The molecule has 2 aromatic carbocycles. The third kappa shape index (κ3) is 2.69. The first-order chi connectivity index (χ1) is 10.3. The molecule has 4 heteroatoms. The average molecular weight is 274 g/mol. The van der Waals surface area contributed by atoms with Gasteiger partial charge in [-0.2, -0.15) is 5.26 Å². The van der Waals surface area contributed by atoms with Gasteiger partial charge in [-0.25, -0.2) is 4.98 Å². The van der Waals surface area contributed by atoms with Crippen molar-refractivity contribution < 1.29 is 0 Å². The minimum atomic E-state index is -0.279. The summed E-state index contributed by atoms with van der Waals surface area (Å²) in [4.78, 5) is 7.61. The van der Waals surface area contributed by atoms with Gasteiger partial charge in [-0.1, -0.05) is 42.5 Å². The van der Waals surface area contributed by atoms with Gasteiger partial charge >= 0.3 is 0 Å². The highest BCUT2D eigenvalue weighted by Gasteiger charge is 2.12. The number of aromatic nitrogens is 2. The van der Waals surface area contributed by atoms with Crippen LogP contribution in [0.1, 0.15) is 23.0 Å². The van der Waals surface area contributed by atoms with Gasteiger partial charge < -0.3 is 10.7 Å². The van der Waals surface area contributed by atoms with Crippen LogP contribution in [-0.2, 0) is 0 Å². The predicted molar refractivity (Wildman–Crippen MR) is 81.2 cm³/mol. The average Bonchev–Trinajstić information content (AvgIpc) is 3.05. The molecule has 4 nitrogen and oxygen atoms in total. The fourth-order valence-corrected chi connectivity index (χ4v) is 2.18. The van der Waals surface area contributed by atoms with Crippen molar-refractivity contribution >= 4 is 0 Å². The van der Waals surface area contributed by atoms with Crippen LogP contribution in [0, 0.1) is 11.3 Å². The summed E-state index contributed by atoms with van der Waals surface area (Å²) in [6.45, 7) is 0. The van der Waals surface area contributed by atoms with E-state index in [0.29, 0.717) is 5.56 Å². The molecule has 0 spiro atoms. The summed E-state index contributed by atoms with van der Waals surface area (Å²) < 4.78 is 0. The van der Waals surface area contributed by atoms with Crippen molar-refractivity contribution in [2.75, 3.05) is 0 Å². The summed E-state index contributed by atoms with van der Waals surface area (Å²) in [5, 5.41) is 8.82. The number of hydrogen-bond donors (Lipinski definition) is 2. The lowest BCUT2D eigenvalue weighted by atomic mass is 10.1. The first kappa shape index (κ1) is 13.1. The van der Waals surface area contributed by atoms with Gasteiger partial charge in [0, 0.05) is 0 Å². The zero-order valence-electron chi connectivity index (χ0n) is 11.3. The van der Waals surface area contributed by atoms with Crippen LogP contribution in [0.2, 0.25) is 0 Å². The van der Waals surface area contributed by atoms with E-state index in [1.807, 2.05) is 42.5 Å². The number of hydrogen-bond acceptors (Lipinski definition) is 3. The maximum Gasteiger partial charge on any atom is 0.128 e.